The van der Waals surface area contributed by atoms with E-state index in [9.17, 15) is 28.9 Å². The Morgan fingerprint density at radius 2 is 0.625 bits per heavy atom. The molecule has 0 aliphatic rings. The number of hydrogen-bond donors (Lipinski definition) is 2. The Hall–Kier alpha value is -1.52. The maximum atomic E-state index is 12.8. The first-order valence-corrected chi connectivity index (χ1v) is 28.4. The molecule has 0 spiro atoms. The maximum Gasteiger partial charge on any atom is 0.472 e. The molecule has 3 atom stereocenters. The van der Waals surface area contributed by atoms with Gasteiger partial charge in [0.05, 0.1) is 19.8 Å². The molecule has 380 valence electrons. The van der Waals surface area contributed by atoms with Gasteiger partial charge in [-0.1, -0.05) is 239 Å². The molecule has 11 nitrogen and oxygen atoms in total. The lowest BCUT2D eigenvalue weighted by Crippen LogP contribution is -2.30. The molecule has 0 saturated heterocycles. The van der Waals surface area contributed by atoms with Crippen molar-refractivity contribution < 1.29 is 52.2 Å². The van der Waals surface area contributed by atoms with Gasteiger partial charge < -0.3 is 24.2 Å². The lowest BCUT2D eigenvalue weighted by molar-refractivity contribution is -0.161. The lowest BCUT2D eigenvalue weighted by Gasteiger charge is -2.21. The Kier molecular flexibility index (Phi) is 46.8. The van der Waals surface area contributed by atoms with E-state index in [2.05, 4.69) is 20.8 Å². The number of carbonyl (C=O) groups is 3. The summed E-state index contributed by atoms with van der Waals surface area (Å²) in [6.07, 6.45) is 42.4. The minimum absolute atomic E-state index is 0.176. The number of aliphatic hydroxyl groups excluding tert-OH is 1. The molecule has 0 aliphatic heterocycles. The second-order valence-electron chi connectivity index (χ2n) is 18.4. The molecule has 0 fully saturated rings. The maximum absolute atomic E-state index is 12.8. The van der Waals surface area contributed by atoms with E-state index < -0.39 is 57.8 Å². The molecule has 0 radical (unpaired) electrons. The summed E-state index contributed by atoms with van der Waals surface area (Å²) in [4.78, 5) is 48.1. The van der Waals surface area contributed by atoms with E-state index in [-0.39, 0.29) is 25.9 Å². The smallest absolute Gasteiger partial charge is 0.462 e. The van der Waals surface area contributed by atoms with E-state index in [1.165, 1.54) is 161 Å². The normalized spacial score (nSPS) is 13.4. The number of carbonyl (C=O) groups excluding carboxylic acids is 3. The van der Waals surface area contributed by atoms with Crippen molar-refractivity contribution in [3.05, 3.63) is 0 Å². The monoisotopic (exact) mass is 933 g/mol. The molecule has 12 heteroatoms. The Balaban J connectivity index is 4.55. The van der Waals surface area contributed by atoms with Gasteiger partial charge in [-0.15, -0.1) is 0 Å². The van der Waals surface area contributed by atoms with E-state index in [1.54, 1.807) is 0 Å². The van der Waals surface area contributed by atoms with Gasteiger partial charge in [-0.25, -0.2) is 4.57 Å². The highest BCUT2D eigenvalue weighted by molar-refractivity contribution is 7.47. The van der Waals surface area contributed by atoms with Gasteiger partial charge in [-0.2, -0.15) is 0 Å². The number of rotatable bonds is 51. The van der Waals surface area contributed by atoms with Crippen LogP contribution in [0.3, 0.4) is 0 Å². The van der Waals surface area contributed by atoms with Gasteiger partial charge in [-0.05, 0) is 19.3 Å². The van der Waals surface area contributed by atoms with E-state index in [0.717, 1.165) is 57.8 Å². The number of phosphoric acid groups is 1. The fraction of sp³-hybridized carbons (Fsp3) is 0.942. The van der Waals surface area contributed by atoms with E-state index in [0.29, 0.717) is 19.3 Å². The Morgan fingerprint density at radius 1 is 0.375 bits per heavy atom. The summed E-state index contributed by atoms with van der Waals surface area (Å²) in [5.41, 5.74) is 0. The second kappa shape index (κ2) is 48.0. The molecule has 2 N–H and O–H groups in total. The van der Waals surface area contributed by atoms with Crippen LogP contribution in [0.15, 0.2) is 0 Å². The van der Waals surface area contributed by atoms with Gasteiger partial charge in [0, 0.05) is 19.3 Å². The van der Waals surface area contributed by atoms with Gasteiger partial charge >= 0.3 is 25.7 Å². The van der Waals surface area contributed by atoms with Crippen molar-refractivity contribution in [2.45, 2.75) is 290 Å². The van der Waals surface area contributed by atoms with E-state index >= 15 is 0 Å². The van der Waals surface area contributed by atoms with Crippen molar-refractivity contribution in [2.24, 2.45) is 0 Å². The Morgan fingerprint density at radius 3 is 0.922 bits per heavy atom. The minimum Gasteiger partial charge on any atom is -0.462 e. The standard InChI is InChI=1S/C52H101O11P/c1-4-7-10-13-16-19-20-21-22-23-24-25-26-27-28-31-32-35-38-41-50(54)59-45-49(63-52(56)43-40-37-34-30-18-15-12-9-6-3)47-61-64(57,58)60-46-48(44-53)62-51(55)42-39-36-33-29-17-14-11-8-5-2/h48-49,53H,4-47H2,1-3H3,(H,57,58). The predicted molar refractivity (Wildman–Crippen MR) is 261 cm³/mol. The van der Waals surface area contributed by atoms with Crippen molar-refractivity contribution in [3.8, 4) is 0 Å². The third kappa shape index (κ3) is 45.6. The topological polar surface area (TPSA) is 155 Å². The number of aliphatic hydroxyl groups is 1. The Bertz CT molecular complexity index is 1090. The predicted octanol–water partition coefficient (Wildman–Crippen LogP) is 15.1. The highest BCUT2D eigenvalue weighted by atomic mass is 31.2. The zero-order chi connectivity index (χ0) is 47.0. The van der Waals surface area contributed by atoms with E-state index in [1.807, 2.05) is 0 Å². The van der Waals surface area contributed by atoms with Crippen LogP contribution in [-0.2, 0) is 42.2 Å². The summed E-state index contributed by atoms with van der Waals surface area (Å²) >= 11 is 0. The highest BCUT2D eigenvalue weighted by Crippen LogP contribution is 2.43. The largest absolute Gasteiger partial charge is 0.472 e. The van der Waals surface area contributed by atoms with Crippen molar-refractivity contribution in [2.75, 3.05) is 26.4 Å². The highest BCUT2D eigenvalue weighted by Gasteiger charge is 2.28. The number of unbranched alkanes of at least 4 members (excludes halogenated alkanes) is 34. The van der Waals surface area contributed by atoms with Crippen LogP contribution in [0.1, 0.15) is 278 Å². The zero-order valence-corrected chi connectivity index (χ0v) is 42.7. The van der Waals surface area contributed by atoms with Crippen molar-refractivity contribution in [3.63, 3.8) is 0 Å². The second-order valence-corrected chi connectivity index (χ2v) is 19.9. The molecular weight excluding hydrogens is 832 g/mol. The van der Waals surface area contributed by atoms with Gasteiger partial charge in [0.1, 0.15) is 12.7 Å². The van der Waals surface area contributed by atoms with Crippen LogP contribution in [0.5, 0.6) is 0 Å². The van der Waals surface area contributed by atoms with Crippen molar-refractivity contribution in [1.82, 2.24) is 0 Å². The van der Waals surface area contributed by atoms with Crippen LogP contribution in [0.25, 0.3) is 0 Å². The summed E-state index contributed by atoms with van der Waals surface area (Å²) < 4.78 is 39.3. The first kappa shape index (κ1) is 62.5. The summed E-state index contributed by atoms with van der Waals surface area (Å²) in [6.45, 7) is 4.64. The van der Waals surface area contributed by atoms with Crippen molar-refractivity contribution in [1.29, 1.82) is 0 Å². The first-order valence-electron chi connectivity index (χ1n) is 26.9. The van der Waals surface area contributed by atoms with Gasteiger partial charge in [0.15, 0.2) is 6.10 Å². The third-order valence-electron chi connectivity index (χ3n) is 12.0. The van der Waals surface area contributed by atoms with Gasteiger partial charge in [-0.3, -0.25) is 23.4 Å². The zero-order valence-electron chi connectivity index (χ0n) is 41.8. The molecule has 0 rings (SSSR count). The molecule has 0 saturated carbocycles. The fourth-order valence-electron chi connectivity index (χ4n) is 7.89. The number of ether oxygens (including phenoxy) is 3. The van der Waals surface area contributed by atoms with E-state index in [4.69, 9.17) is 23.3 Å². The fourth-order valence-corrected chi connectivity index (χ4v) is 8.67. The minimum atomic E-state index is -4.72. The molecule has 3 unspecified atom stereocenters. The molecule has 0 amide bonds. The molecule has 0 aromatic heterocycles. The van der Waals surface area contributed by atoms with Crippen LogP contribution in [0, 0.1) is 0 Å². The summed E-state index contributed by atoms with van der Waals surface area (Å²) in [5.74, 6) is -1.44. The van der Waals surface area contributed by atoms with Crippen molar-refractivity contribution >= 4 is 25.7 Å². The third-order valence-corrected chi connectivity index (χ3v) is 13.0. The van der Waals surface area contributed by atoms with Crippen LogP contribution >= 0.6 is 7.82 Å². The average molecular weight is 933 g/mol. The number of esters is 3. The lowest BCUT2D eigenvalue weighted by atomic mass is 10.0. The molecule has 0 aliphatic carbocycles. The van der Waals surface area contributed by atoms with Crippen LogP contribution in [-0.4, -0.2) is 66.5 Å². The van der Waals surface area contributed by atoms with Crippen LogP contribution in [0.2, 0.25) is 0 Å². The summed E-state index contributed by atoms with van der Waals surface area (Å²) in [7, 11) is -4.72. The number of hydrogen-bond acceptors (Lipinski definition) is 10. The summed E-state index contributed by atoms with van der Waals surface area (Å²) in [5, 5.41) is 9.73. The molecule has 0 bridgehead atoms. The molecule has 0 heterocycles. The molecular formula is C52H101O11P. The van der Waals surface area contributed by atoms with Gasteiger partial charge in [0.2, 0.25) is 0 Å². The summed E-state index contributed by atoms with van der Waals surface area (Å²) in [6, 6.07) is 0. The Labute approximate surface area is 393 Å². The quantitative estimate of drug-likeness (QED) is 0.0259. The number of phosphoric ester groups is 1. The van der Waals surface area contributed by atoms with Crippen LogP contribution in [0.4, 0.5) is 0 Å². The molecule has 64 heavy (non-hydrogen) atoms. The van der Waals surface area contributed by atoms with Gasteiger partial charge in [0.25, 0.3) is 0 Å². The molecule has 0 aromatic rings. The first-order chi connectivity index (χ1) is 31.2. The SMILES string of the molecule is CCCCCCCCCCCCCCCCCCCCCC(=O)OCC(COP(=O)(O)OCC(CO)OC(=O)CCCCCCCCCCC)OC(=O)CCCCCCCCCCC. The molecule has 0 aromatic carbocycles. The average Bonchev–Trinajstić information content (AvgIpc) is 3.28. The van der Waals surface area contributed by atoms with Crippen LogP contribution < -0.4 is 0 Å².